The lowest BCUT2D eigenvalue weighted by Gasteiger charge is -2.02. The molecule has 0 saturated heterocycles. The van der Waals surface area contributed by atoms with Crippen molar-refractivity contribution in [2.24, 2.45) is 0 Å². The molecule has 1 aromatic heterocycles. The highest BCUT2D eigenvalue weighted by Gasteiger charge is 2.00. The molecular formula is C36H44F2N2. The predicted octanol–water partition coefficient (Wildman–Crippen LogP) is 10.8. The van der Waals surface area contributed by atoms with Crippen LogP contribution in [0.4, 0.5) is 8.78 Å². The monoisotopic (exact) mass is 542 g/mol. The highest BCUT2D eigenvalue weighted by Crippen LogP contribution is 2.15. The normalized spacial score (nSPS) is 10.1. The minimum Gasteiger partial charge on any atom is -0.242 e. The fraction of sp³-hybridized carbons (Fsp3) is 0.333. The Morgan fingerprint density at radius 3 is 1.45 bits per heavy atom. The second-order valence-electron chi connectivity index (χ2n) is 10.7. The lowest BCUT2D eigenvalue weighted by molar-refractivity contribution is 0.623. The van der Waals surface area contributed by atoms with Crippen molar-refractivity contribution >= 4 is 0 Å². The molecule has 0 N–H and O–H groups in total. The van der Waals surface area contributed by atoms with E-state index in [0.29, 0.717) is 29.4 Å². The maximum absolute atomic E-state index is 12.5. The van der Waals surface area contributed by atoms with Crippen molar-refractivity contribution in [2.45, 2.75) is 79.1 Å². The van der Waals surface area contributed by atoms with Gasteiger partial charge in [0.1, 0.15) is 23.4 Å². The molecule has 0 aliphatic carbocycles. The fourth-order valence-corrected chi connectivity index (χ4v) is 3.39. The Balaban J connectivity index is 0.000000267. The Bertz CT molecular complexity index is 1270. The summed E-state index contributed by atoms with van der Waals surface area (Å²) in [6.45, 7) is 16.8. The van der Waals surface area contributed by atoms with Crippen LogP contribution in [0.25, 0.3) is 0 Å². The van der Waals surface area contributed by atoms with Crippen LogP contribution in [0.3, 0.4) is 0 Å². The molecule has 4 aromatic rings. The minimum atomic E-state index is -0.163. The van der Waals surface area contributed by atoms with Crippen molar-refractivity contribution in [1.82, 2.24) is 4.98 Å². The van der Waals surface area contributed by atoms with E-state index in [1.165, 1.54) is 29.3 Å². The van der Waals surface area contributed by atoms with Gasteiger partial charge in [-0.2, -0.15) is 5.26 Å². The van der Waals surface area contributed by atoms with Gasteiger partial charge in [-0.1, -0.05) is 116 Å². The highest BCUT2D eigenvalue weighted by molar-refractivity contribution is 5.23. The lowest BCUT2D eigenvalue weighted by atomic mass is 10.0. The molecule has 40 heavy (non-hydrogen) atoms. The number of benzene rings is 3. The first kappa shape index (κ1) is 34.2. The first-order valence-corrected chi connectivity index (χ1v) is 13.9. The molecule has 0 spiro atoms. The molecule has 2 nitrogen and oxygen atoms in total. The quantitative estimate of drug-likeness (QED) is 0.257. The van der Waals surface area contributed by atoms with Gasteiger partial charge < -0.3 is 0 Å². The molecule has 0 aliphatic rings. The Morgan fingerprint density at radius 1 is 0.525 bits per heavy atom. The van der Waals surface area contributed by atoms with E-state index in [1.54, 1.807) is 18.2 Å². The number of hydrogen-bond donors (Lipinski definition) is 0. The molecule has 1 heterocycles. The number of halogens is 2. The van der Waals surface area contributed by atoms with E-state index in [0.717, 1.165) is 11.3 Å². The number of rotatable bonds is 4. The van der Waals surface area contributed by atoms with Crippen molar-refractivity contribution in [3.05, 3.63) is 137 Å². The van der Waals surface area contributed by atoms with Crippen LogP contribution in [-0.4, -0.2) is 4.98 Å². The predicted molar refractivity (Wildman–Crippen MR) is 165 cm³/mol. The number of hydrogen-bond acceptors (Lipinski definition) is 2. The van der Waals surface area contributed by atoms with Gasteiger partial charge in [0.05, 0.1) is 0 Å². The summed E-state index contributed by atoms with van der Waals surface area (Å²) in [6, 6.07) is 31.4. The third-order valence-electron chi connectivity index (χ3n) is 5.99. The third-order valence-corrected chi connectivity index (χ3v) is 5.99. The Labute approximate surface area is 240 Å². The summed E-state index contributed by atoms with van der Waals surface area (Å²) in [5.41, 5.74) is 5.12. The van der Waals surface area contributed by atoms with E-state index in [2.05, 4.69) is 84.6 Å². The largest absolute Gasteiger partial charge is 0.242 e. The standard InChI is InChI=1S/2C9H11F.C9H10N2.C9H12/c1-7(2)8-3-5-9(10)6-4-8;1-7(2)8-4-3-5-9(10)6-8;1-7(2)9-5-3-4-8(6-10)11-9;1-8(2)9-6-4-3-5-7-9/h2*3-7H,1-2H3;3-5,7H,1-2H3;3-8H,1-2H3. The Kier molecular flexibility index (Phi) is 15.8. The van der Waals surface area contributed by atoms with Crippen LogP contribution in [0.2, 0.25) is 0 Å². The molecule has 0 radical (unpaired) electrons. The topological polar surface area (TPSA) is 36.7 Å². The molecule has 0 saturated carbocycles. The van der Waals surface area contributed by atoms with Gasteiger partial charge in [-0.25, -0.2) is 13.8 Å². The maximum Gasteiger partial charge on any atom is 0.140 e. The van der Waals surface area contributed by atoms with E-state index < -0.39 is 0 Å². The summed E-state index contributed by atoms with van der Waals surface area (Å²) in [5.74, 6) is 1.64. The maximum atomic E-state index is 12.5. The zero-order valence-electron chi connectivity index (χ0n) is 25.2. The first-order chi connectivity index (χ1) is 18.9. The van der Waals surface area contributed by atoms with E-state index in [-0.39, 0.29) is 11.6 Å². The van der Waals surface area contributed by atoms with E-state index in [4.69, 9.17) is 5.26 Å². The average Bonchev–Trinajstić information content (AvgIpc) is 2.95. The second-order valence-corrected chi connectivity index (χ2v) is 10.7. The molecular weight excluding hydrogens is 498 g/mol. The molecule has 4 heteroatoms. The zero-order chi connectivity index (χ0) is 30.1. The summed E-state index contributed by atoms with van der Waals surface area (Å²) in [7, 11) is 0. The number of pyridine rings is 1. The highest BCUT2D eigenvalue weighted by atomic mass is 19.1. The van der Waals surface area contributed by atoms with Gasteiger partial charge in [0, 0.05) is 5.69 Å². The molecule has 0 unspecified atom stereocenters. The van der Waals surface area contributed by atoms with Crippen molar-refractivity contribution in [1.29, 1.82) is 5.26 Å². The summed E-state index contributed by atoms with van der Waals surface area (Å²) < 4.78 is 24.9. The molecule has 212 valence electrons. The Morgan fingerprint density at radius 2 is 1.02 bits per heavy atom. The third kappa shape index (κ3) is 13.8. The summed E-state index contributed by atoms with van der Waals surface area (Å²) in [6.07, 6.45) is 0. The molecule has 0 atom stereocenters. The van der Waals surface area contributed by atoms with Crippen molar-refractivity contribution in [3.63, 3.8) is 0 Å². The van der Waals surface area contributed by atoms with Gasteiger partial charge in [-0.15, -0.1) is 0 Å². The van der Waals surface area contributed by atoms with Crippen LogP contribution in [-0.2, 0) is 0 Å². The van der Waals surface area contributed by atoms with Crippen molar-refractivity contribution < 1.29 is 8.78 Å². The summed E-state index contributed by atoms with van der Waals surface area (Å²) in [5, 5.41) is 8.53. The molecule has 0 aliphatic heterocycles. The second kappa shape index (κ2) is 18.4. The van der Waals surface area contributed by atoms with Crippen LogP contribution < -0.4 is 0 Å². The molecule has 4 rings (SSSR count). The smallest absolute Gasteiger partial charge is 0.140 e. The first-order valence-electron chi connectivity index (χ1n) is 13.9. The van der Waals surface area contributed by atoms with Crippen molar-refractivity contribution in [3.8, 4) is 6.07 Å². The van der Waals surface area contributed by atoms with Gasteiger partial charge in [0.15, 0.2) is 0 Å². The van der Waals surface area contributed by atoms with Crippen molar-refractivity contribution in [2.75, 3.05) is 0 Å². The van der Waals surface area contributed by atoms with Crippen LogP contribution in [0.5, 0.6) is 0 Å². The number of nitriles is 1. The van der Waals surface area contributed by atoms with Crippen LogP contribution in [0, 0.1) is 23.0 Å². The minimum absolute atomic E-state index is 0.147. The molecule has 3 aromatic carbocycles. The SMILES string of the molecule is CC(C)c1ccc(F)cc1.CC(C)c1cccc(C#N)n1.CC(C)c1cccc(F)c1.CC(C)c1ccccc1. The van der Waals surface area contributed by atoms with Gasteiger partial charge in [0.25, 0.3) is 0 Å². The fourth-order valence-electron chi connectivity index (χ4n) is 3.39. The molecule has 0 bridgehead atoms. The van der Waals surface area contributed by atoms with Gasteiger partial charge in [-0.3, -0.25) is 0 Å². The average molecular weight is 543 g/mol. The van der Waals surface area contributed by atoms with Gasteiger partial charge >= 0.3 is 0 Å². The van der Waals surface area contributed by atoms with Crippen LogP contribution in [0.1, 0.15) is 107 Å². The number of nitrogens with zero attached hydrogens (tertiary/aromatic N) is 2. The molecule has 0 amide bonds. The van der Waals surface area contributed by atoms with E-state index in [9.17, 15) is 8.78 Å². The van der Waals surface area contributed by atoms with E-state index >= 15 is 0 Å². The van der Waals surface area contributed by atoms with Gasteiger partial charge in [0.2, 0.25) is 0 Å². The number of aromatic nitrogens is 1. The summed E-state index contributed by atoms with van der Waals surface area (Å²) in [4.78, 5) is 4.13. The molecule has 0 fully saturated rings. The zero-order valence-corrected chi connectivity index (χ0v) is 25.2. The van der Waals surface area contributed by atoms with E-state index in [1.807, 2.05) is 42.5 Å². The van der Waals surface area contributed by atoms with Crippen LogP contribution in [0.15, 0.2) is 97.1 Å². The van der Waals surface area contributed by atoms with Gasteiger partial charge in [-0.05, 0) is 76.8 Å². The lowest BCUT2D eigenvalue weighted by Crippen LogP contribution is -1.93. The Hall–Kier alpha value is -3.84. The summed E-state index contributed by atoms with van der Waals surface area (Å²) >= 11 is 0. The van der Waals surface area contributed by atoms with Crippen LogP contribution >= 0.6 is 0 Å².